The quantitative estimate of drug-likeness (QED) is 0.259. The molecule has 6 unspecified atom stereocenters. The van der Waals surface area contributed by atoms with E-state index in [-0.39, 0.29) is 43.0 Å². The van der Waals surface area contributed by atoms with Gasteiger partial charge in [-0.2, -0.15) is 0 Å². The monoisotopic (exact) mass is 428 g/mol. The van der Waals surface area contributed by atoms with Gasteiger partial charge >= 0.3 is 5.97 Å². The number of carbonyl (C=O) groups is 2. The first-order chi connectivity index (χ1) is 14.4. The zero-order chi connectivity index (χ0) is 21.7. The van der Waals surface area contributed by atoms with Crippen molar-refractivity contribution in [2.75, 3.05) is 6.61 Å². The first-order valence-corrected chi connectivity index (χ1v) is 11.3. The Kier molecular flexibility index (Phi) is 8.47. The van der Waals surface area contributed by atoms with Gasteiger partial charge in [0, 0.05) is 24.0 Å². The van der Waals surface area contributed by atoms with E-state index in [0.717, 1.165) is 38.5 Å². The van der Waals surface area contributed by atoms with Gasteiger partial charge in [0.25, 0.3) is 0 Å². The Morgan fingerprint density at radius 1 is 0.833 bits per heavy atom. The number of aliphatic hydroxyl groups is 2. The van der Waals surface area contributed by atoms with E-state index in [2.05, 4.69) is 15.5 Å². The molecule has 6 atom stereocenters. The minimum Gasteiger partial charge on any atom is -0.481 e. The lowest BCUT2D eigenvalue weighted by atomic mass is 9.77. The number of aliphatic carboxylic acids is 1. The molecule has 6 N–H and O–H groups in total. The molecule has 0 spiro atoms. The highest BCUT2D eigenvalue weighted by molar-refractivity contribution is 5.85. The molecular weight excluding hydrogens is 392 g/mol. The van der Waals surface area contributed by atoms with Crippen molar-refractivity contribution in [3.63, 3.8) is 0 Å². The highest BCUT2D eigenvalue weighted by Gasteiger charge is 2.40. The molecule has 9 heteroatoms. The molecule has 30 heavy (non-hydrogen) atoms. The summed E-state index contributed by atoms with van der Waals surface area (Å²) in [7, 11) is 0. The molecule has 1 amide bonds. The van der Waals surface area contributed by atoms with Gasteiger partial charge in [0.05, 0.1) is 30.7 Å². The van der Waals surface area contributed by atoms with Crippen molar-refractivity contribution in [3.8, 4) is 0 Å². The van der Waals surface area contributed by atoms with Crippen LogP contribution in [0.5, 0.6) is 0 Å². The van der Waals surface area contributed by atoms with Crippen LogP contribution in [0.25, 0.3) is 0 Å². The van der Waals surface area contributed by atoms with Crippen LogP contribution in [-0.2, 0) is 14.5 Å². The summed E-state index contributed by atoms with van der Waals surface area (Å²) in [6.07, 6.45) is 5.69. The first kappa shape index (κ1) is 23.4. The number of hydrogen-bond donors (Lipinski definition) is 6. The fourth-order valence-electron chi connectivity index (χ4n) is 5.49. The van der Waals surface area contributed by atoms with E-state index in [1.54, 1.807) is 0 Å². The van der Waals surface area contributed by atoms with E-state index in [9.17, 15) is 24.9 Å². The van der Waals surface area contributed by atoms with Crippen LogP contribution < -0.4 is 10.6 Å². The zero-order valence-electron chi connectivity index (χ0n) is 17.4. The molecule has 3 aliphatic carbocycles. The van der Waals surface area contributed by atoms with Crippen molar-refractivity contribution in [2.24, 2.45) is 17.8 Å². The minimum absolute atomic E-state index is 0.0431. The van der Waals surface area contributed by atoms with Crippen molar-refractivity contribution in [1.82, 2.24) is 10.6 Å². The van der Waals surface area contributed by atoms with Gasteiger partial charge < -0.3 is 26.0 Å². The molecule has 3 saturated carbocycles. The maximum absolute atomic E-state index is 12.7. The summed E-state index contributed by atoms with van der Waals surface area (Å²) in [4.78, 5) is 28.5. The first-order valence-electron chi connectivity index (χ1n) is 11.3. The molecule has 0 aromatic rings. The summed E-state index contributed by atoms with van der Waals surface area (Å²) in [6.45, 7) is 0.209. The number of hydrogen-bond acceptors (Lipinski definition) is 7. The fraction of sp³-hybridized carbons (Fsp3) is 0.905. The Morgan fingerprint density at radius 3 is 2.13 bits per heavy atom. The summed E-state index contributed by atoms with van der Waals surface area (Å²) in [5, 5.41) is 44.5. The number of carboxylic acid groups (broad SMARTS) is 1. The number of rotatable bonds is 7. The Hall–Kier alpha value is -1.26. The van der Waals surface area contributed by atoms with E-state index >= 15 is 0 Å². The van der Waals surface area contributed by atoms with E-state index in [1.165, 1.54) is 0 Å². The van der Waals surface area contributed by atoms with Gasteiger partial charge in [-0.3, -0.25) is 14.8 Å². The molecule has 0 bridgehead atoms. The average molecular weight is 429 g/mol. The predicted octanol–water partition coefficient (Wildman–Crippen LogP) is 0.884. The lowest BCUT2D eigenvalue weighted by Gasteiger charge is -2.39. The highest BCUT2D eigenvalue weighted by Crippen LogP contribution is 2.32. The lowest BCUT2D eigenvalue weighted by Crippen LogP contribution is -2.51. The standard InChI is InChI=1S/C21H36N2O7/c24-15-6-8-19(12(9-15)11-30-29)22-13-1-3-14(4-2-13)23-20(26)17-7-5-16(25)10-18(17)21(27)28/h12-19,22,24-25,29H,1-11H2,(H,23,26)(H,27,28). The number of aliphatic hydroxyl groups excluding tert-OH is 2. The fourth-order valence-corrected chi connectivity index (χ4v) is 5.49. The maximum Gasteiger partial charge on any atom is 0.307 e. The van der Waals surface area contributed by atoms with Crippen LogP contribution in [0.3, 0.4) is 0 Å². The van der Waals surface area contributed by atoms with Gasteiger partial charge in [0.15, 0.2) is 0 Å². The van der Waals surface area contributed by atoms with Gasteiger partial charge in [-0.05, 0) is 64.2 Å². The average Bonchev–Trinajstić information content (AvgIpc) is 2.71. The third-order valence-electron chi connectivity index (χ3n) is 7.24. The summed E-state index contributed by atoms with van der Waals surface area (Å²) in [5.41, 5.74) is 0. The smallest absolute Gasteiger partial charge is 0.307 e. The maximum atomic E-state index is 12.7. The van der Waals surface area contributed by atoms with E-state index in [4.69, 9.17) is 5.26 Å². The molecule has 0 radical (unpaired) electrons. The van der Waals surface area contributed by atoms with Crippen LogP contribution in [0.1, 0.15) is 64.2 Å². The van der Waals surface area contributed by atoms with Gasteiger partial charge in [0.2, 0.25) is 5.91 Å². The van der Waals surface area contributed by atoms with Crippen molar-refractivity contribution in [1.29, 1.82) is 0 Å². The molecule has 0 aromatic carbocycles. The van der Waals surface area contributed by atoms with Crippen molar-refractivity contribution < 1.29 is 35.1 Å². The van der Waals surface area contributed by atoms with Crippen molar-refractivity contribution in [2.45, 2.75) is 94.5 Å². The van der Waals surface area contributed by atoms with E-state index in [1.807, 2.05) is 0 Å². The molecule has 0 aliphatic heterocycles. The minimum atomic E-state index is -1.01. The summed E-state index contributed by atoms with van der Waals surface area (Å²) >= 11 is 0. The Balaban J connectivity index is 1.45. The third-order valence-corrected chi connectivity index (χ3v) is 7.24. The topological polar surface area (TPSA) is 148 Å². The molecule has 3 aliphatic rings. The van der Waals surface area contributed by atoms with Crippen LogP contribution in [-0.4, -0.2) is 69.4 Å². The number of carbonyl (C=O) groups excluding carboxylic acids is 1. The Labute approximate surface area is 177 Å². The molecule has 3 rings (SSSR count). The van der Waals surface area contributed by atoms with Gasteiger partial charge in [-0.1, -0.05) is 0 Å². The highest BCUT2D eigenvalue weighted by atomic mass is 17.1. The molecule has 0 heterocycles. The number of nitrogens with one attached hydrogen (secondary N) is 2. The SMILES string of the molecule is O=C(O)C1CC(O)CCC1C(=O)NC1CCC(NC2CCC(O)CC2COO)CC1. The van der Waals surface area contributed by atoms with Crippen LogP contribution in [0.2, 0.25) is 0 Å². The predicted molar refractivity (Wildman–Crippen MR) is 108 cm³/mol. The van der Waals surface area contributed by atoms with Crippen LogP contribution in [0, 0.1) is 17.8 Å². The summed E-state index contributed by atoms with van der Waals surface area (Å²) in [6, 6.07) is 0.555. The molecule has 9 nitrogen and oxygen atoms in total. The van der Waals surface area contributed by atoms with E-state index < -0.39 is 23.9 Å². The van der Waals surface area contributed by atoms with Crippen LogP contribution >= 0.6 is 0 Å². The van der Waals surface area contributed by atoms with Gasteiger partial charge in [0.1, 0.15) is 0 Å². The van der Waals surface area contributed by atoms with Gasteiger partial charge in [-0.15, -0.1) is 0 Å². The number of carboxylic acids is 1. The second kappa shape index (κ2) is 10.9. The van der Waals surface area contributed by atoms with Gasteiger partial charge in [-0.25, -0.2) is 4.89 Å². The van der Waals surface area contributed by atoms with Crippen molar-refractivity contribution in [3.05, 3.63) is 0 Å². The second-order valence-electron chi connectivity index (χ2n) is 9.37. The Morgan fingerprint density at radius 2 is 1.47 bits per heavy atom. The summed E-state index contributed by atoms with van der Waals surface area (Å²) in [5.74, 6) is -2.53. The lowest BCUT2D eigenvalue weighted by molar-refractivity contribution is -0.255. The largest absolute Gasteiger partial charge is 0.481 e. The zero-order valence-corrected chi connectivity index (χ0v) is 17.4. The second-order valence-corrected chi connectivity index (χ2v) is 9.37. The number of amides is 1. The van der Waals surface area contributed by atoms with E-state index in [0.29, 0.717) is 25.3 Å². The van der Waals surface area contributed by atoms with Crippen LogP contribution in [0.15, 0.2) is 0 Å². The normalized spacial score (nSPS) is 40.0. The Bertz CT molecular complexity index is 582. The molecule has 0 saturated heterocycles. The molecule has 3 fully saturated rings. The third kappa shape index (κ3) is 6.13. The molecule has 172 valence electrons. The summed E-state index contributed by atoms with van der Waals surface area (Å²) < 4.78 is 0. The molecular formula is C21H36N2O7. The van der Waals surface area contributed by atoms with Crippen LogP contribution in [0.4, 0.5) is 0 Å². The van der Waals surface area contributed by atoms with Crippen molar-refractivity contribution >= 4 is 11.9 Å². The molecule has 0 aromatic heterocycles.